The fourth-order valence-corrected chi connectivity index (χ4v) is 4.69. The number of nitrogens with zero attached hydrogens (tertiary/aromatic N) is 3. The molecule has 0 bridgehead atoms. The molecule has 154 valence electrons. The molecular formula is C22H27N3O3S. The molecule has 1 atom stereocenters. The second kappa shape index (κ2) is 8.97. The van der Waals surface area contributed by atoms with Gasteiger partial charge in [0.2, 0.25) is 0 Å². The molecule has 0 radical (unpaired) electrons. The number of carboxylic acid groups (broad SMARTS) is 1. The molecular weight excluding hydrogens is 386 g/mol. The van der Waals surface area contributed by atoms with Gasteiger partial charge < -0.3 is 14.7 Å². The Morgan fingerprint density at radius 3 is 2.86 bits per heavy atom. The zero-order chi connectivity index (χ0) is 20.2. The van der Waals surface area contributed by atoms with E-state index < -0.39 is 6.09 Å². The van der Waals surface area contributed by atoms with Crippen LogP contribution in [0.3, 0.4) is 0 Å². The van der Waals surface area contributed by atoms with Crippen LogP contribution < -0.4 is 4.74 Å². The van der Waals surface area contributed by atoms with Crippen LogP contribution in [0.5, 0.6) is 5.75 Å². The number of aryl methyl sites for hydroxylation is 1. The van der Waals surface area contributed by atoms with Gasteiger partial charge in [-0.25, -0.2) is 9.78 Å². The van der Waals surface area contributed by atoms with Gasteiger partial charge in [0, 0.05) is 45.2 Å². The summed E-state index contributed by atoms with van der Waals surface area (Å²) in [6.07, 6.45) is 7.96. The van der Waals surface area contributed by atoms with Crippen molar-refractivity contribution in [2.75, 3.05) is 39.3 Å². The van der Waals surface area contributed by atoms with E-state index in [0.717, 1.165) is 48.7 Å². The Bertz CT molecular complexity index is 929. The Morgan fingerprint density at radius 1 is 1.31 bits per heavy atom. The number of allylic oxidation sites excluding steroid dienone is 2. The lowest BCUT2D eigenvalue weighted by Gasteiger charge is -2.34. The Kier molecular flexibility index (Phi) is 6.16. The highest BCUT2D eigenvalue weighted by Crippen LogP contribution is 2.26. The minimum Gasteiger partial charge on any atom is -0.493 e. The molecule has 1 aliphatic heterocycles. The molecule has 0 spiro atoms. The standard InChI is InChI=1S/C22H27N3O3S/c1-16-23-20-14-19(6-7-21(20)29-16)28-13-8-17-2-4-18(5-3-17)15-24-9-11-25(12-10-24)22(26)27/h2-4,6-7,14,18H,5,8-13,15H2,1H3,(H,26,27). The molecule has 0 saturated carbocycles. The molecule has 1 aromatic heterocycles. The normalized spacial score (nSPS) is 20.1. The summed E-state index contributed by atoms with van der Waals surface area (Å²) in [5.41, 5.74) is 2.33. The maximum absolute atomic E-state index is 11.0. The minimum absolute atomic E-state index is 0.506. The predicted octanol–water partition coefficient (Wildman–Crippen LogP) is 4.17. The van der Waals surface area contributed by atoms with Gasteiger partial charge in [-0.1, -0.05) is 18.2 Å². The Labute approximate surface area is 175 Å². The Morgan fingerprint density at radius 2 is 2.14 bits per heavy atom. The van der Waals surface area contributed by atoms with Crippen LogP contribution in [0.4, 0.5) is 4.79 Å². The van der Waals surface area contributed by atoms with E-state index in [0.29, 0.717) is 25.6 Å². The summed E-state index contributed by atoms with van der Waals surface area (Å²) in [6.45, 7) is 6.54. The van der Waals surface area contributed by atoms with Crippen LogP contribution >= 0.6 is 11.3 Å². The summed E-state index contributed by atoms with van der Waals surface area (Å²) in [5, 5.41) is 10.1. The van der Waals surface area contributed by atoms with E-state index in [1.807, 2.05) is 19.1 Å². The zero-order valence-corrected chi connectivity index (χ0v) is 17.5. The van der Waals surface area contributed by atoms with Crippen LogP contribution in [0.25, 0.3) is 10.2 Å². The third kappa shape index (κ3) is 5.16. The van der Waals surface area contributed by atoms with Gasteiger partial charge in [-0.2, -0.15) is 0 Å². The van der Waals surface area contributed by atoms with Crippen molar-refractivity contribution in [3.8, 4) is 5.75 Å². The fraction of sp³-hybridized carbons (Fsp3) is 0.455. The molecule has 1 amide bonds. The highest BCUT2D eigenvalue weighted by atomic mass is 32.1. The molecule has 1 fully saturated rings. The first kappa shape index (κ1) is 19.9. The van der Waals surface area contributed by atoms with Crippen molar-refractivity contribution in [2.24, 2.45) is 5.92 Å². The van der Waals surface area contributed by atoms with Crippen molar-refractivity contribution in [1.29, 1.82) is 0 Å². The first-order chi connectivity index (χ1) is 14.1. The van der Waals surface area contributed by atoms with Crippen LogP contribution in [-0.4, -0.2) is 65.3 Å². The quantitative estimate of drug-likeness (QED) is 0.770. The van der Waals surface area contributed by atoms with Gasteiger partial charge in [0.05, 0.1) is 21.8 Å². The first-order valence-corrected chi connectivity index (χ1v) is 11.0. The molecule has 1 aliphatic carbocycles. The number of piperazine rings is 1. The number of benzene rings is 1. The molecule has 1 N–H and O–H groups in total. The van der Waals surface area contributed by atoms with Crippen molar-refractivity contribution < 1.29 is 14.6 Å². The highest BCUT2D eigenvalue weighted by molar-refractivity contribution is 7.18. The smallest absolute Gasteiger partial charge is 0.407 e. The molecule has 2 heterocycles. The van der Waals surface area contributed by atoms with Gasteiger partial charge in [-0.3, -0.25) is 4.90 Å². The lowest BCUT2D eigenvalue weighted by Crippen LogP contribution is -2.49. The number of rotatable bonds is 6. The fourth-order valence-electron chi connectivity index (χ4n) is 3.88. The second-order valence-electron chi connectivity index (χ2n) is 7.67. The van der Waals surface area contributed by atoms with E-state index in [1.165, 1.54) is 15.2 Å². The SMILES string of the molecule is Cc1nc2cc(OCCC3=CCC(CN4CCN(C(=O)O)CC4)C=C3)ccc2s1. The molecule has 7 heteroatoms. The van der Waals surface area contributed by atoms with Crippen molar-refractivity contribution in [1.82, 2.24) is 14.8 Å². The maximum Gasteiger partial charge on any atom is 0.407 e. The molecule has 4 rings (SSSR count). The lowest BCUT2D eigenvalue weighted by molar-refractivity contribution is 0.101. The van der Waals surface area contributed by atoms with Gasteiger partial charge in [-0.05, 0) is 37.0 Å². The molecule has 29 heavy (non-hydrogen) atoms. The van der Waals surface area contributed by atoms with Crippen molar-refractivity contribution in [3.63, 3.8) is 0 Å². The van der Waals surface area contributed by atoms with Crippen LogP contribution in [-0.2, 0) is 0 Å². The van der Waals surface area contributed by atoms with Gasteiger partial charge in [0.1, 0.15) is 5.75 Å². The lowest BCUT2D eigenvalue weighted by atomic mass is 9.95. The predicted molar refractivity (Wildman–Crippen MR) is 116 cm³/mol. The number of fused-ring (bicyclic) bond motifs is 1. The topological polar surface area (TPSA) is 65.9 Å². The largest absolute Gasteiger partial charge is 0.493 e. The highest BCUT2D eigenvalue weighted by Gasteiger charge is 2.22. The molecule has 1 saturated heterocycles. The molecule has 1 aromatic carbocycles. The molecule has 1 unspecified atom stereocenters. The minimum atomic E-state index is -0.807. The van der Waals surface area contributed by atoms with Gasteiger partial charge in [0.15, 0.2) is 0 Å². The average Bonchev–Trinajstić information content (AvgIpc) is 3.09. The molecule has 6 nitrogen and oxygen atoms in total. The number of hydrogen-bond acceptors (Lipinski definition) is 5. The first-order valence-electron chi connectivity index (χ1n) is 10.1. The van der Waals surface area contributed by atoms with E-state index >= 15 is 0 Å². The summed E-state index contributed by atoms with van der Waals surface area (Å²) in [7, 11) is 0. The monoisotopic (exact) mass is 413 g/mol. The number of amides is 1. The third-order valence-corrected chi connectivity index (χ3v) is 6.48. The van der Waals surface area contributed by atoms with Crippen molar-refractivity contribution >= 4 is 27.6 Å². The van der Waals surface area contributed by atoms with Crippen LogP contribution in [0.2, 0.25) is 0 Å². The van der Waals surface area contributed by atoms with Crippen molar-refractivity contribution in [3.05, 3.63) is 47.0 Å². The van der Waals surface area contributed by atoms with E-state index in [2.05, 4.69) is 34.2 Å². The van der Waals surface area contributed by atoms with Crippen LogP contribution in [0.1, 0.15) is 17.8 Å². The van der Waals surface area contributed by atoms with Gasteiger partial charge in [0.25, 0.3) is 0 Å². The number of hydrogen-bond donors (Lipinski definition) is 1. The molecule has 2 aromatic rings. The van der Waals surface area contributed by atoms with Crippen LogP contribution in [0, 0.1) is 12.8 Å². The Balaban J connectivity index is 1.19. The summed E-state index contributed by atoms with van der Waals surface area (Å²) in [6, 6.07) is 6.12. The number of carbonyl (C=O) groups is 1. The van der Waals surface area contributed by atoms with E-state index in [1.54, 1.807) is 11.3 Å². The third-order valence-electron chi connectivity index (χ3n) is 5.53. The van der Waals surface area contributed by atoms with Gasteiger partial charge >= 0.3 is 6.09 Å². The average molecular weight is 414 g/mol. The Hall–Kier alpha value is -2.38. The van der Waals surface area contributed by atoms with Crippen molar-refractivity contribution in [2.45, 2.75) is 19.8 Å². The van der Waals surface area contributed by atoms with E-state index in [-0.39, 0.29) is 0 Å². The zero-order valence-electron chi connectivity index (χ0n) is 16.7. The number of thiazole rings is 1. The van der Waals surface area contributed by atoms with E-state index in [4.69, 9.17) is 9.84 Å². The second-order valence-corrected chi connectivity index (χ2v) is 8.90. The maximum atomic E-state index is 11.0. The summed E-state index contributed by atoms with van der Waals surface area (Å²) in [4.78, 5) is 19.4. The number of aromatic nitrogens is 1. The number of ether oxygens (including phenoxy) is 1. The summed E-state index contributed by atoms with van der Waals surface area (Å²) >= 11 is 1.70. The van der Waals surface area contributed by atoms with Crippen LogP contribution in [0.15, 0.2) is 42.0 Å². The summed E-state index contributed by atoms with van der Waals surface area (Å²) < 4.78 is 7.13. The summed E-state index contributed by atoms with van der Waals surface area (Å²) in [5.74, 6) is 1.38. The molecule has 2 aliphatic rings. The van der Waals surface area contributed by atoms with Gasteiger partial charge in [-0.15, -0.1) is 11.3 Å². The van der Waals surface area contributed by atoms with E-state index in [9.17, 15) is 4.79 Å².